The maximum atomic E-state index is 13.7. The van der Waals surface area contributed by atoms with Crippen LogP contribution < -0.4 is 10.6 Å². The number of nitrogens with one attached hydrogen (secondary N) is 2. The SMILES string of the molecule is CNC(=O)N1CCCC(c2cccc(C(=O)NCc3ccccc3F)c2)C1. The largest absolute Gasteiger partial charge is 0.348 e. The minimum Gasteiger partial charge on any atom is -0.348 e. The number of hydrogen-bond acceptors (Lipinski definition) is 2. The van der Waals surface area contributed by atoms with Crippen molar-refractivity contribution in [2.75, 3.05) is 20.1 Å². The van der Waals surface area contributed by atoms with Crippen molar-refractivity contribution in [3.8, 4) is 0 Å². The molecular weight excluding hydrogens is 345 g/mol. The highest BCUT2D eigenvalue weighted by molar-refractivity contribution is 5.94. The van der Waals surface area contributed by atoms with Crippen molar-refractivity contribution in [1.82, 2.24) is 15.5 Å². The third-order valence-electron chi connectivity index (χ3n) is 4.94. The number of rotatable bonds is 4. The molecule has 2 N–H and O–H groups in total. The summed E-state index contributed by atoms with van der Waals surface area (Å²) in [6.45, 7) is 1.53. The van der Waals surface area contributed by atoms with Gasteiger partial charge in [-0.2, -0.15) is 0 Å². The molecule has 27 heavy (non-hydrogen) atoms. The number of carbonyl (C=O) groups is 2. The third-order valence-corrected chi connectivity index (χ3v) is 4.94. The summed E-state index contributed by atoms with van der Waals surface area (Å²) in [7, 11) is 1.63. The first-order valence-electron chi connectivity index (χ1n) is 9.16. The summed E-state index contributed by atoms with van der Waals surface area (Å²) in [5, 5.41) is 5.43. The van der Waals surface area contributed by atoms with Crippen LogP contribution in [-0.4, -0.2) is 37.0 Å². The molecule has 6 heteroatoms. The molecule has 0 spiro atoms. The van der Waals surface area contributed by atoms with Crippen molar-refractivity contribution >= 4 is 11.9 Å². The zero-order chi connectivity index (χ0) is 19.2. The lowest BCUT2D eigenvalue weighted by atomic mass is 9.89. The lowest BCUT2D eigenvalue weighted by Gasteiger charge is -2.32. The summed E-state index contributed by atoms with van der Waals surface area (Å²) in [4.78, 5) is 26.2. The Kier molecular flexibility index (Phi) is 6.06. The Labute approximate surface area is 158 Å². The number of likely N-dealkylation sites (tertiary alicyclic amines) is 1. The Balaban J connectivity index is 1.67. The van der Waals surface area contributed by atoms with E-state index in [1.807, 2.05) is 18.2 Å². The van der Waals surface area contributed by atoms with E-state index < -0.39 is 0 Å². The lowest BCUT2D eigenvalue weighted by Crippen LogP contribution is -2.43. The quantitative estimate of drug-likeness (QED) is 0.869. The van der Waals surface area contributed by atoms with E-state index in [1.165, 1.54) is 6.07 Å². The highest BCUT2D eigenvalue weighted by atomic mass is 19.1. The van der Waals surface area contributed by atoms with Crippen LogP contribution in [0.5, 0.6) is 0 Å². The molecule has 1 unspecified atom stereocenters. The van der Waals surface area contributed by atoms with E-state index >= 15 is 0 Å². The van der Waals surface area contributed by atoms with Crippen LogP contribution >= 0.6 is 0 Å². The van der Waals surface area contributed by atoms with Crippen molar-refractivity contribution in [2.24, 2.45) is 0 Å². The predicted molar refractivity (Wildman–Crippen MR) is 102 cm³/mol. The van der Waals surface area contributed by atoms with E-state index in [0.717, 1.165) is 24.9 Å². The van der Waals surface area contributed by atoms with Gasteiger partial charge >= 0.3 is 6.03 Å². The molecule has 2 aromatic carbocycles. The van der Waals surface area contributed by atoms with Crippen LogP contribution in [-0.2, 0) is 6.54 Å². The summed E-state index contributed by atoms with van der Waals surface area (Å²) in [5.41, 5.74) is 2.04. The highest BCUT2D eigenvalue weighted by Gasteiger charge is 2.24. The van der Waals surface area contributed by atoms with Gasteiger partial charge in [0.1, 0.15) is 5.82 Å². The predicted octanol–water partition coefficient (Wildman–Crippen LogP) is 3.27. The number of piperidine rings is 1. The van der Waals surface area contributed by atoms with Crippen molar-refractivity contribution in [1.29, 1.82) is 0 Å². The van der Waals surface area contributed by atoms with Gasteiger partial charge in [-0.25, -0.2) is 9.18 Å². The molecule has 1 aliphatic heterocycles. The van der Waals surface area contributed by atoms with Gasteiger partial charge < -0.3 is 15.5 Å². The maximum absolute atomic E-state index is 13.7. The van der Waals surface area contributed by atoms with E-state index in [-0.39, 0.29) is 30.2 Å². The average molecular weight is 369 g/mol. The number of hydrogen-bond donors (Lipinski definition) is 2. The summed E-state index contributed by atoms with van der Waals surface area (Å²) >= 11 is 0. The van der Waals surface area contributed by atoms with Gasteiger partial charge in [-0.15, -0.1) is 0 Å². The van der Waals surface area contributed by atoms with Gasteiger partial charge in [0.2, 0.25) is 0 Å². The first kappa shape index (κ1) is 18.9. The number of nitrogens with zero attached hydrogens (tertiary/aromatic N) is 1. The highest BCUT2D eigenvalue weighted by Crippen LogP contribution is 2.27. The number of benzene rings is 2. The minimum atomic E-state index is -0.331. The molecule has 3 amide bonds. The van der Waals surface area contributed by atoms with Gasteiger partial charge in [0.25, 0.3) is 5.91 Å². The van der Waals surface area contributed by atoms with E-state index in [4.69, 9.17) is 0 Å². The first-order valence-corrected chi connectivity index (χ1v) is 9.16. The van der Waals surface area contributed by atoms with Gasteiger partial charge in [0.15, 0.2) is 0 Å². The maximum Gasteiger partial charge on any atom is 0.317 e. The van der Waals surface area contributed by atoms with E-state index in [2.05, 4.69) is 10.6 Å². The number of carbonyl (C=O) groups excluding carboxylic acids is 2. The molecule has 1 heterocycles. The molecule has 142 valence electrons. The molecule has 0 saturated carbocycles. The van der Waals surface area contributed by atoms with Crippen LogP contribution in [0.3, 0.4) is 0 Å². The normalized spacial score (nSPS) is 16.7. The molecule has 2 aromatic rings. The number of amides is 3. The Morgan fingerprint density at radius 1 is 1.19 bits per heavy atom. The molecule has 1 atom stereocenters. The smallest absolute Gasteiger partial charge is 0.317 e. The molecule has 3 rings (SSSR count). The van der Waals surface area contributed by atoms with Crippen molar-refractivity contribution in [3.63, 3.8) is 0 Å². The first-order chi connectivity index (χ1) is 13.1. The van der Waals surface area contributed by atoms with Crippen LogP contribution in [0.15, 0.2) is 48.5 Å². The molecule has 0 radical (unpaired) electrons. The number of urea groups is 1. The average Bonchev–Trinajstić information content (AvgIpc) is 2.72. The summed E-state index contributed by atoms with van der Waals surface area (Å²) < 4.78 is 13.7. The topological polar surface area (TPSA) is 61.4 Å². The zero-order valence-electron chi connectivity index (χ0n) is 15.4. The molecule has 0 aromatic heterocycles. The molecule has 0 bridgehead atoms. The Morgan fingerprint density at radius 3 is 2.78 bits per heavy atom. The zero-order valence-corrected chi connectivity index (χ0v) is 15.4. The summed E-state index contributed by atoms with van der Waals surface area (Å²) in [5.74, 6) is -0.363. The van der Waals surface area contributed by atoms with Gasteiger partial charge in [-0.3, -0.25) is 4.79 Å². The van der Waals surface area contributed by atoms with Gasteiger partial charge in [-0.05, 0) is 36.6 Å². The molecule has 0 aliphatic carbocycles. The third kappa shape index (κ3) is 4.64. The van der Waals surface area contributed by atoms with E-state index in [9.17, 15) is 14.0 Å². The molecule has 1 saturated heterocycles. The monoisotopic (exact) mass is 369 g/mol. The van der Waals surface area contributed by atoms with Crippen LogP contribution in [0, 0.1) is 5.82 Å². The van der Waals surface area contributed by atoms with Gasteiger partial charge in [0.05, 0.1) is 0 Å². The Hall–Kier alpha value is -2.89. The second kappa shape index (κ2) is 8.66. The Morgan fingerprint density at radius 2 is 2.00 bits per heavy atom. The fraction of sp³-hybridized carbons (Fsp3) is 0.333. The fourth-order valence-corrected chi connectivity index (χ4v) is 3.44. The van der Waals surface area contributed by atoms with Gasteiger partial charge in [0, 0.05) is 43.7 Å². The standard InChI is InChI=1S/C21H24FN3O2/c1-23-21(27)25-11-5-9-18(14-25)15-7-4-8-16(12-15)20(26)24-13-17-6-2-3-10-19(17)22/h2-4,6-8,10,12,18H,5,9,11,13-14H2,1H3,(H,23,27)(H,24,26). The molecule has 5 nitrogen and oxygen atoms in total. The number of halogens is 1. The van der Waals surface area contributed by atoms with Crippen LogP contribution in [0.1, 0.15) is 40.2 Å². The lowest BCUT2D eigenvalue weighted by molar-refractivity contribution is 0.0950. The van der Waals surface area contributed by atoms with Crippen LogP contribution in [0.25, 0.3) is 0 Å². The molecular formula is C21H24FN3O2. The van der Waals surface area contributed by atoms with Crippen LogP contribution in [0.2, 0.25) is 0 Å². The van der Waals surface area contributed by atoms with Crippen molar-refractivity contribution in [2.45, 2.75) is 25.3 Å². The second-order valence-corrected chi connectivity index (χ2v) is 6.74. The fourth-order valence-electron chi connectivity index (χ4n) is 3.44. The summed E-state index contributed by atoms with van der Waals surface area (Å²) in [6.07, 6.45) is 1.91. The van der Waals surface area contributed by atoms with Crippen molar-refractivity contribution in [3.05, 3.63) is 71.0 Å². The molecule has 1 aliphatic rings. The van der Waals surface area contributed by atoms with E-state index in [0.29, 0.717) is 17.7 Å². The second-order valence-electron chi connectivity index (χ2n) is 6.74. The van der Waals surface area contributed by atoms with Crippen LogP contribution in [0.4, 0.5) is 9.18 Å². The molecule has 1 fully saturated rings. The van der Waals surface area contributed by atoms with Crippen molar-refractivity contribution < 1.29 is 14.0 Å². The Bertz CT molecular complexity index is 825. The van der Waals surface area contributed by atoms with E-state index in [1.54, 1.807) is 36.2 Å². The summed E-state index contributed by atoms with van der Waals surface area (Å²) in [6, 6.07) is 13.8. The minimum absolute atomic E-state index is 0.0708. The van der Waals surface area contributed by atoms with Gasteiger partial charge in [-0.1, -0.05) is 30.3 Å².